The van der Waals surface area contributed by atoms with Crippen LogP contribution in [0, 0.1) is 0 Å². The van der Waals surface area contributed by atoms with Gasteiger partial charge in [-0.3, -0.25) is 18.9 Å². The zero-order valence-corrected chi connectivity index (χ0v) is 15.1. The maximum Gasteiger partial charge on any atom is 0.336 e. The second-order valence-electron chi connectivity index (χ2n) is 6.07. The number of ether oxygens (including phenoxy) is 1. The van der Waals surface area contributed by atoms with Crippen molar-refractivity contribution in [3.8, 4) is 0 Å². The second kappa shape index (κ2) is 6.62. The Balaban J connectivity index is 2.38. The van der Waals surface area contributed by atoms with Gasteiger partial charge in [-0.05, 0) is 25.5 Å². The molecule has 1 N–H and O–H groups in total. The second-order valence-corrected chi connectivity index (χ2v) is 6.07. The van der Waals surface area contributed by atoms with Crippen LogP contribution in [0.25, 0.3) is 0 Å². The SMILES string of the molecule is CCOC(=O)C1=C(C)Nc2c(c(=O)n(C)c(=O)n2C)[C@@H]1c1cccnc1. The molecule has 0 spiro atoms. The summed E-state index contributed by atoms with van der Waals surface area (Å²) < 4.78 is 7.61. The molecule has 0 radical (unpaired) electrons. The Labute approximate surface area is 149 Å². The molecule has 8 nitrogen and oxygen atoms in total. The summed E-state index contributed by atoms with van der Waals surface area (Å²) in [6.45, 7) is 3.66. The number of nitrogens with zero attached hydrogens (tertiary/aromatic N) is 3. The van der Waals surface area contributed by atoms with Crippen molar-refractivity contribution in [1.29, 1.82) is 0 Å². The van der Waals surface area contributed by atoms with Gasteiger partial charge in [0, 0.05) is 32.2 Å². The Bertz CT molecular complexity index is 1020. The first kappa shape index (κ1) is 17.7. The summed E-state index contributed by atoms with van der Waals surface area (Å²) in [5.74, 6) is -0.810. The minimum Gasteiger partial charge on any atom is -0.463 e. The molecule has 0 bridgehead atoms. The third-order valence-corrected chi connectivity index (χ3v) is 4.50. The largest absolute Gasteiger partial charge is 0.463 e. The van der Waals surface area contributed by atoms with Crippen LogP contribution < -0.4 is 16.6 Å². The fourth-order valence-electron chi connectivity index (χ4n) is 3.25. The van der Waals surface area contributed by atoms with E-state index in [1.165, 1.54) is 11.6 Å². The van der Waals surface area contributed by atoms with Crippen molar-refractivity contribution in [2.45, 2.75) is 19.8 Å². The van der Waals surface area contributed by atoms with Gasteiger partial charge >= 0.3 is 11.7 Å². The summed E-state index contributed by atoms with van der Waals surface area (Å²) in [7, 11) is 3.00. The molecule has 0 aromatic carbocycles. The number of nitrogens with one attached hydrogen (secondary N) is 1. The molecule has 1 atom stereocenters. The molecule has 0 fully saturated rings. The molecule has 0 amide bonds. The summed E-state index contributed by atoms with van der Waals surface area (Å²) in [6.07, 6.45) is 3.22. The van der Waals surface area contributed by atoms with E-state index in [4.69, 9.17) is 4.74 Å². The average Bonchev–Trinajstić information content (AvgIpc) is 2.64. The minimum absolute atomic E-state index is 0.216. The number of hydrogen-bond acceptors (Lipinski definition) is 6. The summed E-state index contributed by atoms with van der Waals surface area (Å²) in [6, 6.07) is 3.53. The average molecular weight is 356 g/mol. The molecule has 2 aromatic rings. The molecule has 0 aliphatic carbocycles. The number of allylic oxidation sites excluding steroid dienone is 1. The number of anilines is 1. The van der Waals surface area contributed by atoms with Crippen LogP contribution in [-0.2, 0) is 23.6 Å². The number of hydrogen-bond donors (Lipinski definition) is 1. The van der Waals surface area contributed by atoms with Crippen LogP contribution in [0.3, 0.4) is 0 Å². The first-order valence-corrected chi connectivity index (χ1v) is 8.23. The zero-order valence-electron chi connectivity index (χ0n) is 15.1. The number of carbonyl (C=O) groups excluding carboxylic acids is 1. The van der Waals surface area contributed by atoms with Crippen LogP contribution in [0.15, 0.2) is 45.4 Å². The number of carbonyl (C=O) groups is 1. The standard InChI is InChI=1S/C18H20N4O4/c1-5-26-17(24)12-10(2)20-15-14(13(12)11-7-6-8-19-9-11)16(23)22(4)18(25)21(15)3/h6-9,13,20H,5H2,1-4H3/t13-/m1/s1. The lowest BCUT2D eigenvalue weighted by Crippen LogP contribution is -2.43. The Morgan fingerprint density at radius 2 is 2.04 bits per heavy atom. The number of aromatic nitrogens is 3. The lowest BCUT2D eigenvalue weighted by Gasteiger charge is -2.30. The smallest absolute Gasteiger partial charge is 0.336 e. The molecule has 26 heavy (non-hydrogen) atoms. The van der Waals surface area contributed by atoms with Crippen molar-refractivity contribution >= 4 is 11.8 Å². The molecule has 1 aliphatic heterocycles. The van der Waals surface area contributed by atoms with E-state index in [2.05, 4.69) is 10.3 Å². The van der Waals surface area contributed by atoms with E-state index in [0.717, 1.165) is 4.57 Å². The van der Waals surface area contributed by atoms with Gasteiger partial charge in [0.05, 0.1) is 23.7 Å². The highest BCUT2D eigenvalue weighted by Gasteiger charge is 2.37. The molecule has 1 aliphatic rings. The van der Waals surface area contributed by atoms with Crippen molar-refractivity contribution in [3.63, 3.8) is 0 Å². The fraction of sp³-hybridized carbons (Fsp3) is 0.333. The van der Waals surface area contributed by atoms with Crippen molar-refractivity contribution in [1.82, 2.24) is 14.1 Å². The third-order valence-electron chi connectivity index (χ3n) is 4.50. The molecular formula is C18H20N4O4. The lowest BCUT2D eigenvalue weighted by atomic mass is 9.83. The van der Waals surface area contributed by atoms with E-state index in [-0.39, 0.29) is 6.61 Å². The van der Waals surface area contributed by atoms with Gasteiger partial charge in [0.15, 0.2) is 0 Å². The molecule has 0 unspecified atom stereocenters. The van der Waals surface area contributed by atoms with Crippen LogP contribution in [-0.4, -0.2) is 26.7 Å². The maximum absolute atomic E-state index is 12.9. The normalized spacial score (nSPS) is 16.1. The van der Waals surface area contributed by atoms with Gasteiger partial charge in [0.1, 0.15) is 5.82 Å². The van der Waals surface area contributed by atoms with Crippen LogP contribution in [0.2, 0.25) is 0 Å². The van der Waals surface area contributed by atoms with Crippen molar-refractivity contribution in [3.05, 3.63) is 67.8 Å². The summed E-state index contributed by atoms with van der Waals surface area (Å²) in [4.78, 5) is 42.0. The van der Waals surface area contributed by atoms with E-state index >= 15 is 0 Å². The molecule has 2 aromatic heterocycles. The van der Waals surface area contributed by atoms with Gasteiger partial charge in [-0.15, -0.1) is 0 Å². The number of fused-ring (bicyclic) bond motifs is 1. The molecule has 3 rings (SSSR count). The van der Waals surface area contributed by atoms with Crippen molar-refractivity contribution in [2.24, 2.45) is 14.1 Å². The molecule has 0 saturated carbocycles. The monoisotopic (exact) mass is 356 g/mol. The van der Waals surface area contributed by atoms with Crippen LogP contribution in [0.4, 0.5) is 5.82 Å². The molecule has 0 saturated heterocycles. The van der Waals surface area contributed by atoms with Gasteiger partial charge in [0.2, 0.25) is 0 Å². The van der Waals surface area contributed by atoms with E-state index < -0.39 is 23.1 Å². The zero-order chi connectivity index (χ0) is 19.0. The predicted molar refractivity (Wildman–Crippen MR) is 96.0 cm³/mol. The van der Waals surface area contributed by atoms with Crippen molar-refractivity contribution < 1.29 is 9.53 Å². The summed E-state index contributed by atoms with van der Waals surface area (Å²) >= 11 is 0. The Morgan fingerprint density at radius 3 is 2.65 bits per heavy atom. The van der Waals surface area contributed by atoms with E-state index in [1.807, 2.05) is 0 Å². The predicted octanol–water partition coefficient (Wildman–Crippen LogP) is 0.873. The van der Waals surface area contributed by atoms with Crippen LogP contribution >= 0.6 is 0 Å². The molecule has 3 heterocycles. The summed E-state index contributed by atoms with van der Waals surface area (Å²) in [5, 5.41) is 3.03. The molecule has 136 valence electrons. The first-order valence-electron chi connectivity index (χ1n) is 8.23. The Morgan fingerprint density at radius 1 is 1.31 bits per heavy atom. The highest BCUT2D eigenvalue weighted by atomic mass is 16.5. The highest BCUT2D eigenvalue weighted by molar-refractivity contribution is 5.94. The first-order chi connectivity index (χ1) is 12.4. The van der Waals surface area contributed by atoms with Gasteiger partial charge in [-0.25, -0.2) is 9.59 Å². The Hall–Kier alpha value is -3.16. The number of rotatable bonds is 3. The molecule has 8 heteroatoms. The van der Waals surface area contributed by atoms with E-state index in [1.54, 1.807) is 45.4 Å². The summed E-state index contributed by atoms with van der Waals surface area (Å²) in [5.41, 5.74) is 0.957. The highest BCUT2D eigenvalue weighted by Crippen LogP contribution is 2.39. The molecular weight excluding hydrogens is 336 g/mol. The Kier molecular flexibility index (Phi) is 4.50. The van der Waals surface area contributed by atoms with E-state index in [0.29, 0.717) is 28.2 Å². The van der Waals surface area contributed by atoms with Gasteiger partial charge < -0.3 is 10.1 Å². The minimum atomic E-state index is -0.676. The fourth-order valence-corrected chi connectivity index (χ4v) is 3.25. The quantitative estimate of drug-likeness (QED) is 0.820. The third kappa shape index (κ3) is 2.63. The van der Waals surface area contributed by atoms with Crippen LogP contribution in [0.1, 0.15) is 30.9 Å². The van der Waals surface area contributed by atoms with Gasteiger partial charge in [0.25, 0.3) is 5.56 Å². The van der Waals surface area contributed by atoms with Crippen LogP contribution in [0.5, 0.6) is 0 Å². The van der Waals surface area contributed by atoms with Crippen molar-refractivity contribution in [2.75, 3.05) is 11.9 Å². The topological polar surface area (TPSA) is 95.2 Å². The maximum atomic E-state index is 12.9. The lowest BCUT2D eigenvalue weighted by molar-refractivity contribution is -0.138. The van der Waals surface area contributed by atoms with Gasteiger partial charge in [-0.1, -0.05) is 6.07 Å². The van der Waals surface area contributed by atoms with Gasteiger partial charge in [-0.2, -0.15) is 0 Å². The van der Waals surface area contributed by atoms with E-state index in [9.17, 15) is 14.4 Å². The number of esters is 1. The number of pyridine rings is 1.